The number of thiazole rings is 1. The van der Waals surface area contributed by atoms with Gasteiger partial charge in [0.25, 0.3) is 5.91 Å². The van der Waals surface area contributed by atoms with Crippen molar-refractivity contribution < 1.29 is 21.5 Å². The minimum absolute atomic E-state index is 0.208. The predicted molar refractivity (Wildman–Crippen MR) is 101 cm³/mol. The Hall–Kier alpha value is -2.87. The van der Waals surface area contributed by atoms with Crippen molar-refractivity contribution in [2.24, 2.45) is 0 Å². The van der Waals surface area contributed by atoms with Gasteiger partial charge in [-0.1, -0.05) is 0 Å². The summed E-state index contributed by atoms with van der Waals surface area (Å²) in [4.78, 5) is 29.0. The number of fused-ring (bicyclic) bond motifs is 1. The highest BCUT2D eigenvalue weighted by atomic mass is 32.1. The highest BCUT2D eigenvalue weighted by Crippen LogP contribution is 2.30. The number of ether oxygens (including phenoxy) is 1. The summed E-state index contributed by atoms with van der Waals surface area (Å²) in [7, 11) is 0. The van der Waals surface area contributed by atoms with Crippen molar-refractivity contribution in [3.8, 4) is 5.75 Å². The molecular weight excluding hydrogens is 366 g/mol. The van der Waals surface area contributed by atoms with Gasteiger partial charge in [-0.15, -0.1) is 11.3 Å². The van der Waals surface area contributed by atoms with Crippen LogP contribution in [0.15, 0.2) is 28.8 Å². The first-order chi connectivity index (χ1) is 13.7. The number of rotatable bonds is 5. The molecule has 3 aromatic rings. The number of aryl methyl sites for hydroxylation is 2. The first-order valence-corrected chi connectivity index (χ1v) is 9.30. The maximum atomic E-state index is 12.8. The number of nitrogens with one attached hydrogen (secondary N) is 2. The van der Waals surface area contributed by atoms with Crippen molar-refractivity contribution in [2.75, 3.05) is 6.54 Å². The molecule has 1 unspecified atom stereocenters. The van der Waals surface area contributed by atoms with Crippen LogP contribution in [0.2, 0.25) is 0 Å². The van der Waals surface area contributed by atoms with Crippen LogP contribution < -0.4 is 15.4 Å². The van der Waals surface area contributed by atoms with E-state index in [2.05, 4.69) is 15.6 Å². The molecular formula is C19H19N3O4S. The maximum Gasteiger partial charge on any atom is 0.256 e. The Morgan fingerprint density at radius 3 is 3.07 bits per heavy atom. The van der Waals surface area contributed by atoms with Gasteiger partial charge in [0.1, 0.15) is 29.7 Å². The minimum atomic E-state index is -2.07. The van der Waals surface area contributed by atoms with Crippen LogP contribution in [0.1, 0.15) is 35.2 Å². The molecule has 7 nitrogen and oxygen atoms in total. The Balaban J connectivity index is 1.64. The zero-order valence-electron chi connectivity index (χ0n) is 16.8. The van der Waals surface area contributed by atoms with E-state index in [9.17, 15) is 9.59 Å². The van der Waals surface area contributed by atoms with Crippen LogP contribution in [0.5, 0.6) is 5.75 Å². The average Bonchev–Trinajstić information content (AvgIpc) is 3.33. The molecule has 1 aliphatic heterocycles. The number of hydrogen-bond acceptors (Lipinski definition) is 6. The molecule has 0 aliphatic carbocycles. The number of aromatic nitrogens is 1. The van der Waals surface area contributed by atoms with E-state index in [4.69, 9.17) is 11.9 Å². The topological polar surface area (TPSA) is 93.5 Å². The number of nitrogens with zero attached hydrogens (tertiary/aromatic N) is 1. The van der Waals surface area contributed by atoms with Gasteiger partial charge in [-0.2, -0.15) is 0 Å². The van der Waals surface area contributed by atoms with Crippen molar-refractivity contribution in [2.45, 2.75) is 32.9 Å². The summed E-state index contributed by atoms with van der Waals surface area (Å²) in [5.41, 5.74) is 0.782. The third kappa shape index (κ3) is 3.52. The molecule has 1 fully saturated rings. The third-order valence-corrected chi connectivity index (χ3v) is 5.12. The molecule has 0 bridgehead atoms. The second-order valence-corrected chi connectivity index (χ2v) is 7.48. The Morgan fingerprint density at radius 2 is 2.37 bits per heavy atom. The lowest BCUT2D eigenvalue weighted by molar-refractivity contribution is -0.120. The van der Waals surface area contributed by atoms with E-state index >= 15 is 0 Å². The molecule has 2 amide bonds. The second-order valence-electron chi connectivity index (χ2n) is 6.24. The summed E-state index contributed by atoms with van der Waals surface area (Å²) in [5, 5.41) is 6.64. The summed E-state index contributed by atoms with van der Waals surface area (Å²) in [6.45, 7) is 1.92. The van der Waals surface area contributed by atoms with Crippen LogP contribution in [0, 0.1) is 13.8 Å². The van der Waals surface area contributed by atoms with Crippen LogP contribution in [-0.2, 0) is 11.4 Å². The van der Waals surface area contributed by atoms with Gasteiger partial charge in [-0.05, 0) is 38.5 Å². The van der Waals surface area contributed by atoms with Crippen molar-refractivity contribution in [1.82, 2.24) is 15.6 Å². The van der Waals surface area contributed by atoms with Gasteiger partial charge in [0.2, 0.25) is 5.91 Å². The Morgan fingerprint density at radius 1 is 1.52 bits per heavy atom. The quantitative estimate of drug-likeness (QED) is 0.702. The predicted octanol–water partition coefficient (Wildman–Crippen LogP) is 2.70. The lowest BCUT2D eigenvalue weighted by Crippen LogP contribution is -2.40. The monoisotopic (exact) mass is 387 g/mol. The van der Waals surface area contributed by atoms with Crippen LogP contribution in [0.25, 0.3) is 11.0 Å². The van der Waals surface area contributed by atoms with Crippen LogP contribution in [0.3, 0.4) is 0 Å². The Kier molecular flexibility index (Phi) is 3.96. The number of furan rings is 1. The molecule has 27 heavy (non-hydrogen) atoms. The molecule has 0 saturated carbocycles. The highest BCUT2D eigenvalue weighted by Gasteiger charge is 2.28. The first-order valence-electron chi connectivity index (χ1n) is 9.48. The SMILES string of the molecule is [2H]C([2H])(Oc1ccc2oc(C)c(C(=O)NC3CCNC3=O)c2c1)c1cnc(C)s1. The summed E-state index contributed by atoms with van der Waals surface area (Å²) < 4.78 is 27.7. The number of carbonyl (C=O) groups excluding carboxylic acids is 2. The largest absolute Gasteiger partial charge is 0.488 e. The lowest BCUT2D eigenvalue weighted by Gasteiger charge is -2.10. The zero-order chi connectivity index (χ0) is 20.8. The van der Waals surface area contributed by atoms with Crippen LogP contribution in [0.4, 0.5) is 0 Å². The third-order valence-electron chi connectivity index (χ3n) is 4.31. The van der Waals surface area contributed by atoms with Gasteiger partial charge in [0.05, 0.1) is 18.2 Å². The number of amides is 2. The molecule has 1 atom stereocenters. The molecule has 2 N–H and O–H groups in total. The van der Waals surface area contributed by atoms with Crippen molar-refractivity contribution in [3.63, 3.8) is 0 Å². The second kappa shape index (κ2) is 7.03. The van der Waals surface area contributed by atoms with E-state index in [1.54, 1.807) is 32.0 Å². The molecule has 0 spiro atoms. The van der Waals surface area contributed by atoms with E-state index in [1.807, 2.05) is 0 Å². The molecule has 1 aromatic carbocycles. The Bertz CT molecular complexity index is 1110. The van der Waals surface area contributed by atoms with Gasteiger partial charge in [0, 0.05) is 18.1 Å². The Labute approximate surface area is 162 Å². The summed E-state index contributed by atoms with van der Waals surface area (Å²) in [5.74, 6) is 0.0403. The molecule has 140 valence electrons. The van der Waals surface area contributed by atoms with Gasteiger partial charge in [-0.3, -0.25) is 9.59 Å². The molecule has 4 rings (SSSR count). The van der Waals surface area contributed by atoms with Gasteiger partial charge in [0.15, 0.2) is 0 Å². The molecule has 0 radical (unpaired) electrons. The fourth-order valence-corrected chi connectivity index (χ4v) is 3.64. The average molecular weight is 387 g/mol. The van der Waals surface area contributed by atoms with Crippen LogP contribution >= 0.6 is 11.3 Å². The summed E-state index contributed by atoms with van der Waals surface area (Å²) in [6.07, 6.45) is 1.98. The first kappa shape index (κ1) is 15.2. The zero-order valence-corrected chi connectivity index (χ0v) is 15.6. The van der Waals surface area contributed by atoms with Gasteiger partial charge >= 0.3 is 0 Å². The number of hydrogen-bond donors (Lipinski definition) is 2. The van der Waals surface area contributed by atoms with Gasteiger partial charge in [-0.25, -0.2) is 4.98 Å². The summed E-state index contributed by atoms with van der Waals surface area (Å²) >= 11 is 1.22. The number of benzene rings is 1. The molecule has 2 aromatic heterocycles. The normalized spacial score (nSPS) is 18.1. The van der Waals surface area contributed by atoms with Gasteiger partial charge < -0.3 is 19.8 Å². The fraction of sp³-hybridized carbons (Fsp3) is 0.316. The minimum Gasteiger partial charge on any atom is -0.488 e. The standard InChI is InChI=1S/C19H19N3O4S/c1-10-17(19(24)22-15-5-6-20-18(15)23)14-7-12(3-4-16(14)26-10)25-9-13-8-21-11(2)27-13/h3-4,7-8,15H,5-6,9H2,1-2H3,(H,20,23)(H,22,24)/i9D2. The number of carbonyl (C=O) groups is 2. The van der Waals surface area contributed by atoms with Crippen LogP contribution in [-0.4, -0.2) is 29.4 Å². The van der Waals surface area contributed by atoms with E-state index in [0.717, 1.165) is 5.01 Å². The highest BCUT2D eigenvalue weighted by molar-refractivity contribution is 7.11. The van der Waals surface area contributed by atoms with E-state index in [0.29, 0.717) is 40.1 Å². The smallest absolute Gasteiger partial charge is 0.256 e. The summed E-state index contributed by atoms with van der Waals surface area (Å²) in [6, 6.07) is 4.21. The van der Waals surface area contributed by atoms with Crippen molar-refractivity contribution in [1.29, 1.82) is 0 Å². The molecule has 8 heteroatoms. The molecule has 3 heterocycles. The molecule has 1 saturated heterocycles. The van der Waals surface area contributed by atoms with Crippen molar-refractivity contribution >= 4 is 34.1 Å². The lowest BCUT2D eigenvalue weighted by atomic mass is 10.1. The van der Waals surface area contributed by atoms with E-state index in [-0.39, 0.29) is 11.7 Å². The molecule has 1 aliphatic rings. The fourth-order valence-electron chi connectivity index (χ4n) is 3.02. The maximum absolute atomic E-state index is 12.8. The van der Waals surface area contributed by atoms with E-state index in [1.165, 1.54) is 17.5 Å². The van der Waals surface area contributed by atoms with Crippen molar-refractivity contribution in [3.05, 3.63) is 45.6 Å². The van der Waals surface area contributed by atoms with E-state index < -0.39 is 18.5 Å².